The number of carbonyl (C=O) groups is 1. The number of hydrogen-bond acceptors (Lipinski definition) is 2. The summed E-state index contributed by atoms with van der Waals surface area (Å²) >= 11 is 0. The second-order valence-electron chi connectivity index (χ2n) is 10.9. The van der Waals surface area contributed by atoms with Gasteiger partial charge in [-0.1, -0.05) is 110 Å². The van der Waals surface area contributed by atoms with Gasteiger partial charge in [-0.3, -0.25) is 4.79 Å². The Morgan fingerprint density at radius 1 is 0.676 bits per heavy atom. The first-order valence-corrected chi connectivity index (χ1v) is 14.5. The Bertz CT molecular complexity index is 1110. The minimum absolute atomic E-state index is 0.306. The van der Waals surface area contributed by atoms with Gasteiger partial charge >= 0.3 is 0 Å². The maximum absolute atomic E-state index is 12.7. The average Bonchev–Trinajstić information content (AvgIpc) is 3.50. The van der Waals surface area contributed by atoms with E-state index in [4.69, 9.17) is 0 Å². The summed E-state index contributed by atoms with van der Waals surface area (Å²) in [5.74, 6) is 1.02. The van der Waals surface area contributed by atoms with Crippen molar-refractivity contribution in [2.24, 2.45) is 0 Å². The van der Waals surface area contributed by atoms with Gasteiger partial charge < -0.3 is 4.90 Å². The molecule has 2 fully saturated rings. The molecule has 0 N–H and O–H groups in total. The van der Waals surface area contributed by atoms with Gasteiger partial charge in [-0.15, -0.1) is 0 Å². The first-order chi connectivity index (χ1) is 18.3. The molecule has 1 aliphatic carbocycles. The molecule has 1 saturated carbocycles. The summed E-state index contributed by atoms with van der Waals surface area (Å²) < 4.78 is 0. The number of piperidine rings is 1. The number of ketones is 1. The van der Waals surface area contributed by atoms with Crippen molar-refractivity contribution in [1.82, 2.24) is 4.90 Å². The molecule has 0 spiro atoms. The van der Waals surface area contributed by atoms with E-state index in [-0.39, 0.29) is 0 Å². The Hall–Kier alpha value is -2.97. The van der Waals surface area contributed by atoms with Crippen LogP contribution in [0.15, 0.2) is 90.5 Å². The number of unbranched alkanes of at least 4 members (excludes halogenated alkanes) is 2. The SMILES string of the molecule is O=C(CCCCCN1CCC(=C(c2ccccc2)c2ccccc2)CC1)c1ccc(C2CCCC2)cc1. The minimum atomic E-state index is 0.306. The van der Waals surface area contributed by atoms with E-state index >= 15 is 0 Å². The highest BCUT2D eigenvalue weighted by atomic mass is 16.1. The smallest absolute Gasteiger partial charge is 0.162 e. The summed E-state index contributed by atoms with van der Waals surface area (Å²) in [7, 11) is 0. The van der Waals surface area contributed by atoms with Crippen LogP contribution in [-0.2, 0) is 0 Å². The third kappa shape index (κ3) is 6.87. The second-order valence-corrected chi connectivity index (χ2v) is 10.9. The Morgan fingerprint density at radius 3 is 1.86 bits per heavy atom. The van der Waals surface area contributed by atoms with Gasteiger partial charge in [-0.25, -0.2) is 0 Å². The minimum Gasteiger partial charge on any atom is -0.303 e. The molecule has 2 aliphatic rings. The van der Waals surface area contributed by atoms with Crippen molar-refractivity contribution < 1.29 is 4.79 Å². The van der Waals surface area contributed by atoms with E-state index in [1.807, 2.05) is 0 Å². The van der Waals surface area contributed by atoms with Crippen molar-refractivity contribution in [3.63, 3.8) is 0 Å². The van der Waals surface area contributed by atoms with Gasteiger partial charge in [-0.05, 0) is 73.3 Å². The molecule has 1 saturated heterocycles. The molecule has 192 valence electrons. The molecule has 0 atom stereocenters. The summed E-state index contributed by atoms with van der Waals surface area (Å²) in [5.41, 5.74) is 7.98. The Morgan fingerprint density at radius 2 is 1.27 bits per heavy atom. The number of rotatable bonds is 10. The lowest BCUT2D eigenvalue weighted by Gasteiger charge is -2.30. The van der Waals surface area contributed by atoms with Crippen molar-refractivity contribution >= 4 is 11.4 Å². The van der Waals surface area contributed by atoms with Crippen LogP contribution in [0.2, 0.25) is 0 Å². The number of carbonyl (C=O) groups excluding carboxylic acids is 1. The molecular weight excluding hydrogens is 450 g/mol. The van der Waals surface area contributed by atoms with Gasteiger partial charge in [0, 0.05) is 25.1 Å². The van der Waals surface area contributed by atoms with Crippen molar-refractivity contribution in [2.75, 3.05) is 19.6 Å². The fourth-order valence-electron chi connectivity index (χ4n) is 6.22. The standard InChI is InChI=1S/C35H41NO/c37-34(30-21-19-29(20-22-30)28-12-9-10-13-28)18-8-3-11-25-36-26-23-33(24-27-36)35(31-14-4-1-5-15-31)32-16-6-2-7-17-32/h1-2,4-7,14-17,19-22,28H,3,8-13,18,23-27H2. The molecule has 0 amide bonds. The highest BCUT2D eigenvalue weighted by Gasteiger charge is 2.19. The molecule has 3 aromatic rings. The lowest BCUT2D eigenvalue weighted by molar-refractivity contribution is 0.0978. The molecule has 2 heteroatoms. The number of Topliss-reactive ketones (excluding diaryl/α,β-unsaturated/α-hetero) is 1. The number of likely N-dealkylation sites (tertiary alicyclic amines) is 1. The summed E-state index contributed by atoms with van der Waals surface area (Å²) in [6.07, 6.45) is 11.6. The van der Waals surface area contributed by atoms with Crippen LogP contribution in [0.4, 0.5) is 0 Å². The summed E-state index contributed by atoms with van der Waals surface area (Å²) in [5, 5.41) is 0. The molecular formula is C35H41NO. The molecule has 5 rings (SSSR count). The fourth-order valence-corrected chi connectivity index (χ4v) is 6.22. The van der Waals surface area contributed by atoms with E-state index in [0.29, 0.717) is 18.1 Å². The predicted octanol–water partition coefficient (Wildman–Crippen LogP) is 8.69. The van der Waals surface area contributed by atoms with E-state index in [9.17, 15) is 4.79 Å². The van der Waals surface area contributed by atoms with Crippen molar-refractivity contribution in [1.29, 1.82) is 0 Å². The van der Waals surface area contributed by atoms with Crippen LogP contribution in [0.3, 0.4) is 0 Å². The third-order valence-corrected chi connectivity index (χ3v) is 8.38. The maximum atomic E-state index is 12.7. The Kier molecular flexibility index (Phi) is 9.03. The van der Waals surface area contributed by atoms with Gasteiger partial charge in [0.05, 0.1) is 0 Å². The Labute approximate surface area is 223 Å². The highest BCUT2D eigenvalue weighted by molar-refractivity contribution is 5.96. The maximum Gasteiger partial charge on any atom is 0.162 e. The molecule has 0 aromatic heterocycles. The lowest BCUT2D eigenvalue weighted by Crippen LogP contribution is -2.32. The van der Waals surface area contributed by atoms with Crippen molar-refractivity contribution in [2.45, 2.75) is 70.1 Å². The zero-order valence-electron chi connectivity index (χ0n) is 22.2. The van der Waals surface area contributed by atoms with Crippen molar-refractivity contribution in [3.05, 3.63) is 113 Å². The van der Waals surface area contributed by atoms with Crippen LogP contribution in [0.25, 0.3) is 5.57 Å². The van der Waals surface area contributed by atoms with Gasteiger partial charge in [0.2, 0.25) is 0 Å². The van der Waals surface area contributed by atoms with Gasteiger partial charge in [0.25, 0.3) is 0 Å². The fraction of sp³-hybridized carbons (Fsp3) is 0.400. The van der Waals surface area contributed by atoms with E-state index < -0.39 is 0 Å². The molecule has 3 aromatic carbocycles. The van der Waals surface area contributed by atoms with Crippen molar-refractivity contribution in [3.8, 4) is 0 Å². The number of benzene rings is 3. The van der Waals surface area contributed by atoms with Gasteiger partial charge in [0.1, 0.15) is 0 Å². The highest BCUT2D eigenvalue weighted by Crippen LogP contribution is 2.34. The monoisotopic (exact) mass is 491 g/mol. The van der Waals surface area contributed by atoms with E-state index in [1.165, 1.54) is 54.4 Å². The largest absolute Gasteiger partial charge is 0.303 e. The average molecular weight is 492 g/mol. The first kappa shape index (κ1) is 25.7. The quantitative estimate of drug-likeness (QED) is 0.209. The molecule has 1 heterocycles. The van der Waals surface area contributed by atoms with E-state index in [2.05, 4.69) is 89.8 Å². The zero-order chi connectivity index (χ0) is 25.3. The van der Waals surface area contributed by atoms with Crippen LogP contribution in [0.5, 0.6) is 0 Å². The second kappa shape index (κ2) is 13.0. The lowest BCUT2D eigenvalue weighted by atomic mass is 9.88. The molecule has 2 nitrogen and oxygen atoms in total. The predicted molar refractivity (Wildman–Crippen MR) is 155 cm³/mol. The molecule has 0 bridgehead atoms. The van der Waals surface area contributed by atoms with E-state index in [1.54, 1.807) is 5.57 Å². The molecule has 37 heavy (non-hydrogen) atoms. The van der Waals surface area contributed by atoms with Crippen LogP contribution < -0.4 is 0 Å². The number of nitrogens with zero attached hydrogens (tertiary/aromatic N) is 1. The molecule has 1 aliphatic heterocycles. The normalized spacial score (nSPS) is 16.7. The van der Waals surface area contributed by atoms with Crippen LogP contribution in [-0.4, -0.2) is 30.3 Å². The Balaban J connectivity index is 1.06. The van der Waals surface area contributed by atoms with Crippen LogP contribution >= 0.6 is 0 Å². The van der Waals surface area contributed by atoms with E-state index in [0.717, 1.165) is 50.9 Å². The summed E-state index contributed by atoms with van der Waals surface area (Å²) in [4.78, 5) is 15.3. The molecule has 0 unspecified atom stereocenters. The zero-order valence-corrected chi connectivity index (χ0v) is 22.2. The summed E-state index contributed by atoms with van der Waals surface area (Å²) in [6.45, 7) is 3.40. The third-order valence-electron chi connectivity index (χ3n) is 8.38. The van der Waals surface area contributed by atoms with Gasteiger partial charge in [0.15, 0.2) is 5.78 Å². The van der Waals surface area contributed by atoms with Crippen LogP contribution in [0, 0.1) is 0 Å². The van der Waals surface area contributed by atoms with Gasteiger partial charge in [-0.2, -0.15) is 0 Å². The first-order valence-electron chi connectivity index (χ1n) is 14.5. The summed E-state index contributed by atoms with van der Waals surface area (Å²) in [6, 6.07) is 30.3. The number of hydrogen-bond donors (Lipinski definition) is 0. The topological polar surface area (TPSA) is 20.3 Å². The molecule has 0 radical (unpaired) electrons. The van der Waals surface area contributed by atoms with Crippen LogP contribution in [0.1, 0.15) is 97.2 Å².